The summed E-state index contributed by atoms with van der Waals surface area (Å²) in [6, 6.07) is 18.3. The van der Waals surface area contributed by atoms with Crippen molar-refractivity contribution < 1.29 is 9.72 Å². The van der Waals surface area contributed by atoms with Gasteiger partial charge in [-0.1, -0.05) is 45.0 Å². The molecule has 0 spiro atoms. The second-order valence-corrected chi connectivity index (χ2v) is 9.32. The number of pyridine rings is 1. The van der Waals surface area contributed by atoms with Crippen LogP contribution < -0.4 is 11.1 Å². The fraction of sp³-hybridized carbons (Fsp3) is 0.250. The number of nitro benzene ring substituents is 1. The van der Waals surface area contributed by atoms with E-state index in [1.165, 1.54) is 29.0 Å². The number of thiophene rings is 1. The predicted octanol–water partition coefficient (Wildman–Crippen LogP) is 5.03. The fourth-order valence-corrected chi connectivity index (χ4v) is 3.97. The minimum absolute atomic E-state index is 0.0853. The predicted molar refractivity (Wildman–Crippen MR) is 130 cm³/mol. The van der Waals surface area contributed by atoms with E-state index in [1.54, 1.807) is 18.2 Å². The number of rotatable bonds is 4. The van der Waals surface area contributed by atoms with E-state index in [1.807, 2.05) is 6.07 Å². The number of amides is 1. The van der Waals surface area contributed by atoms with Gasteiger partial charge in [-0.2, -0.15) is 0 Å². The van der Waals surface area contributed by atoms with Gasteiger partial charge in [0.05, 0.1) is 15.3 Å². The number of hydrogen-bond donors (Lipinski definition) is 2. The third-order valence-electron chi connectivity index (χ3n) is 4.79. The first-order chi connectivity index (χ1) is 15.2. The molecule has 1 amide bonds. The van der Waals surface area contributed by atoms with Crippen molar-refractivity contribution in [3.63, 3.8) is 0 Å². The van der Waals surface area contributed by atoms with Gasteiger partial charge in [-0.3, -0.25) is 14.9 Å². The van der Waals surface area contributed by atoms with E-state index in [0.717, 1.165) is 21.1 Å². The molecule has 0 saturated carbocycles. The quantitative estimate of drug-likeness (QED) is 0.335. The van der Waals surface area contributed by atoms with E-state index < -0.39 is 4.92 Å². The van der Waals surface area contributed by atoms with Crippen molar-refractivity contribution in [3.05, 3.63) is 81.2 Å². The molecule has 0 fully saturated rings. The lowest BCUT2D eigenvalue weighted by Gasteiger charge is -2.19. The van der Waals surface area contributed by atoms with Gasteiger partial charge in [-0.25, -0.2) is 4.98 Å². The van der Waals surface area contributed by atoms with E-state index >= 15 is 0 Å². The number of nitrogens with one attached hydrogen (secondary N) is 1. The van der Waals surface area contributed by atoms with Crippen LogP contribution in [-0.4, -0.2) is 28.9 Å². The van der Waals surface area contributed by atoms with E-state index in [2.05, 4.69) is 50.4 Å². The lowest BCUT2D eigenvalue weighted by atomic mass is 9.86. The summed E-state index contributed by atoms with van der Waals surface area (Å²) < 4.78 is 0. The van der Waals surface area contributed by atoms with Crippen LogP contribution in [0, 0.1) is 10.1 Å². The highest BCUT2D eigenvalue weighted by Crippen LogP contribution is 2.30. The van der Waals surface area contributed by atoms with Gasteiger partial charge in [0, 0.05) is 36.0 Å². The first kappa shape index (κ1) is 23.3. The first-order valence-electron chi connectivity index (χ1n) is 10.2. The van der Waals surface area contributed by atoms with Crippen LogP contribution in [0.3, 0.4) is 0 Å². The number of para-hydroxylation sites is 1. The van der Waals surface area contributed by atoms with E-state index in [9.17, 15) is 14.9 Å². The molecule has 0 radical (unpaired) electrons. The maximum atomic E-state index is 12.1. The maximum Gasteiger partial charge on any atom is 0.269 e. The molecule has 2 aromatic carbocycles. The third kappa shape index (κ3) is 5.66. The molecular weight excluding hydrogens is 424 g/mol. The molecule has 8 heteroatoms. The topological polar surface area (TPSA) is 111 Å². The molecule has 32 heavy (non-hydrogen) atoms. The number of nitro groups is 1. The highest BCUT2D eigenvalue weighted by atomic mass is 32.1. The summed E-state index contributed by atoms with van der Waals surface area (Å²) in [5, 5.41) is 14.9. The summed E-state index contributed by atoms with van der Waals surface area (Å²) in [6.45, 7) is 7.52. The van der Waals surface area contributed by atoms with Gasteiger partial charge < -0.3 is 11.1 Å². The Bertz CT molecular complexity index is 1250. The van der Waals surface area contributed by atoms with E-state index in [-0.39, 0.29) is 17.0 Å². The second-order valence-electron chi connectivity index (χ2n) is 8.29. The normalized spacial score (nSPS) is 11.1. The Morgan fingerprint density at radius 1 is 1.09 bits per heavy atom. The summed E-state index contributed by atoms with van der Waals surface area (Å²) >= 11 is 1.42. The van der Waals surface area contributed by atoms with Gasteiger partial charge in [0.25, 0.3) is 11.6 Å². The first-order valence-corrected chi connectivity index (χ1v) is 11.0. The zero-order chi connectivity index (χ0) is 23.3. The largest absolute Gasteiger partial charge is 0.350 e. The van der Waals surface area contributed by atoms with Crippen LogP contribution in [0.1, 0.15) is 36.0 Å². The number of non-ortho nitro benzene ring substituents is 1. The number of nitrogens with zero attached hydrogens (tertiary/aromatic N) is 2. The summed E-state index contributed by atoms with van der Waals surface area (Å²) in [4.78, 5) is 27.9. The number of hydrogen-bond acceptors (Lipinski definition) is 6. The average molecular weight is 451 g/mol. The zero-order valence-electron chi connectivity index (χ0n) is 18.3. The number of carbonyl (C=O) groups excluding carboxylic acids is 1. The molecule has 7 nitrogen and oxygen atoms in total. The van der Waals surface area contributed by atoms with Gasteiger partial charge in [-0.05, 0) is 35.2 Å². The summed E-state index contributed by atoms with van der Waals surface area (Å²) in [5.74, 6) is -0.0853. The molecule has 0 aliphatic carbocycles. The average Bonchev–Trinajstić information content (AvgIpc) is 3.18. The van der Waals surface area contributed by atoms with Crippen LogP contribution in [-0.2, 0) is 5.41 Å². The van der Waals surface area contributed by atoms with Gasteiger partial charge in [0.1, 0.15) is 4.83 Å². The molecule has 0 aliphatic rings. The molecule has 0 aliphatic heterocycles. The minimum atomic E-state index is -0.417. The van der Waals surface area contributed by atoms with Crippen LogP contribution >= 0.6 is 11.3 Å². The lowest BCUT2D eigenvalue weighted by molar-refractivity contribution is -0.384. The Labute approximate surface area is 190 Å². The molecule has 166 valence electrons. The third-order valence-corrected chi connectivity index (χ3v) is 5.83. The van der Waals surface area contributed by atoms with Crippen molar-refractivity contribution >= 4 is 44.1 Å². The fourth-order valence-electron chi connectivity index (χ4n) is 3.04. The number of aromatic nitrogens is 1. The number of nitrogens with two attached hydrogens (primary N) is 1. The second kappa shape index (κ2) is 9.84. The van der Waals surface area contributed by atoms with Crippen molar-refractivity contribution in [2.24, 2.45) is 5.73 Å². The summed E-state index contributed by atoms with van der Waals surface area (Å²) in [5.41, 5.74) is 7.90. The highest BCUT2D eigenvalue weighted by molar-refractivity contribution is 7.20. The SMILES string of the molecule is CC(C)(C)c1ccc2nc3sc(C(=O)NCCN)cc3cc2c1.O=[N+]([O-])c1ccccc1. The zero-order valence-corrected chi connectivity index (χ0v) is 19.1. The number of benzene rings is 2. The molecule has 2 aromatic heterocycles. The van der Waals surface area contributed by atoms with Gasteiger partial charge in [-0.15, -0.1) is 11.3 Å². The Kier molecular flexibility index (Phi) is 7.17. The van der Waals surface area contributed by atoms with Crippen molar-refractivity contribution in [1.29, 1.82) is 0 Å². The van der Waals surface area contributed by atoms with Gasteiger partial charge >= 0.3 is 0 Å². The Balaban J connectivity index is 0.000000269. The summed E-state index contributed by atoms with van der Waals surface area (Å²) in [6.07, 6.45) is 0. The van der Waals surface area contributed by atoms with Gasteiger partial charge in [0.2, 0.25) is 0 Å². The maximum absolute atomic E-state index is 12.1. The molecule has 0 unspecified atom stereocenters. The standard InChI is InChI=1S/C18H21N3OS.C6H5NO2/c1-18(2,3)13-4-5-14-11(9-13)8-12-10-15(23-17(12)21-14)16(22)20-7-6-19;8-7(9)6-4-2-1-3-5-6/h4-5,8-10H,6-7,19H2,1-3H3,(H,20,22);1-5H. The van der Waals surface area contributed by atoms with E-state index in [4.69, 9.17) is 10.7 Å². The van der Waals surface area contributed by atoms with Crippen LogP contribution in [0.2, 0.25) is 0 Å². The molecule has 0 atom stereocenters. The molecule has 0 bridgehead atoms. The van der Waals surface area contributed by atoms with Crippen molar-refractivity contribution in [2.45, 2.75) is 26.2 Å². The van der Waals surface area contributed by atoms with Crippen molar-refractivity contribution in [1.82, 2.24) is 10.3 Å². The van der Waals surface area contributed by atoms with Crippen LogP contribution in [0.4, 0.5) is 5.69 Å². The molecule has 4 aromatic rings. The number of carbonyl (C=O) groups is 1. The summed E-state index contributed by atoms with van der Waals surface area (Å²) in [7, 11) is 0. The Morgan fingerprint density at radius 2 is 1.81 bits per heavy atom. The molecule has 0 saturated heterocycles. The van der Waals surface area contributed by atoms with Crippen LogP contribution in [0.5, 0.6) is 0 Å². The smallest absolute Gasteiger partial charge is 0.269 e. The number of fused-ring (bicyclic) bond motifs is 2. The monoisotopic (exact) mass is 450 g/mol. The van der Waals surface area contributed by atoms with Crippen LogP contribution in [0.15, 0.2) is 60.7 Å². The molecular formula is C24H26N4O3S. The molecule has 2 heterocycles. The van der Waals surface area contributed by atoms with Crippen LogP contribution in [0.25, 0.3) is 21.1 Å². The highest BCUT2D eigenvalue weighted by Gasteiger charge is 2.15. The molecule has 3 N–H and O–H groups in total. The van der Waals surface area contributed by atoms with Gasteiger partial charge in [0.15, 0.2) is 0 Å². The Morgan fingerprint density at radius 3 is 2.41 bits per heavy atom. The van der Waals surface area contributed by atoms with Crippen molar-refractivity contribution in [3.8, 4) is 0 Å². The molecule has 4 rings (SSSR count). The van der Waals surface area contributed by atoms with E-state index in [0.29, 0.717) is 18.0 Å². The minimum Gasteiger partial charge on any atom is -0.350 e. The van der Waals surface area contributed by atoms with Crippen molar-refractivity contribution in [2.75, 3.05) is 13.1 Å². The lowest BCUT2D eigenvalue weighted by Crippen LogP contribution is -2.28. The Hall–Kier alpha value is -3.36.